The van der Waals surface area contributed by atoms with Crippen molar-refractivity contribution in [3.8, 4) is 11.8 Å². The first-order valence-electron chi connectivity index (χ1n) is 8.50. The number of aryl methyl sites for hydroxylation is 2. The molecule has 1 aliphatic carbocycles. The van der Waals surface area contributed by atoms with Gasteiger partial charge in [-0.15, -0.1) is 0 Å². The number of anilines is 1. The lowest BCUT2D eigenvalue weighted by atomic mass is 10.0. The van der Waals surface area contributed by atoms with Gasteiger partial charge in [0.2, 0.25) is 5.91 Å². The lowest BCUT2D eigenvalue weighted by Gasteiger charge is -2.14. The van der Waals surface area contributed by atoms with Crippen LogP contribution in [0.3, 0.4) is 0 Å². The maximum atomic E-state index is 12.3. The van der Waals surface area contributed by atoms with Crippen LogP contribution in [-0.4, -0.2) is 15.9 Å². The van der Waals surface area contributed by atoms with Crippen molar-refractivity contribution in [2.24, 2.45) is 5.92 Å². The Morgan fingerprint density at radius 2 is 1.75 bits per heavy atom. The van der Waals surface area contributed by atoms with E-state index in [0.29, 0.717) is 41.2 Å². The molecule has 0 radical (unpaired) electrons. The molecule has 1 aromatic heterocycles. The predicted octanol–water partition coefficient (Wildman–Crippen LogP) is 4.40. The van der Waals surface area contributed by atoms with Gasteiger partial charge in [-0.2, -0.15) is 9.97 Å². The largest absolute Gasteiger partial charge is 0.424 e. The van der Waals surface area contributed by atoms with Crippen molar-refractivity contribution in [3.05, 3.63) is 41.7 Å². The summed E-state index contributed by atoms with van der Waals surface area (Å²) in [6.07, 6.45) is 5.38. The van der Waals surface area contributed by atoms with Crippen LogP contribution < -0.4 is 10.1 Å². The van der Waals surface area contributed by atoms with Crippen molar-refractivity contribution in [2.45, 2.75) is 46.0 Å². The highest BCUT2D eigenvalue weighted by Gasteiger charge is 2.20. The van der Waals surface area contributed by atoms with Gasteiger partial charge >= 0.3 is 6.01 Å². The van der Waals surface area contributed by atoms with E-state index in [1.54, 1.807) is 0 Å². The van der Waals surface area contributed by atoms with Crippen LogP contribution in [0, 0.1) is 19.8 Å². The summed E-state index contributed by atoms with van der Waals surface area (Å²) in [6, 6.07) is 9.72. The van der Waals surface area contributed by atoms with E-state index in [0.717, 1.165) is 12.8 Å². The fraction of sp³-hybridized carbons (Fsp3) is 0.421. The van der Waals surface area contributed by atoms with Gasteiger partial charge in [0.05, 0.1) is 17.1 Å². The van der Waals surface area contributed by atoms with Gasteiger partial charge < -0.3 is 10.1 Å². The molecule has 5 heteroatoms. The first-order valence-corrected chi connectivity index (χ1v) is 8.50. The molecule has 24 heavy (non-hydrogen) atoms. The number of para-hydroxylation sites is 1. The number of hydrogen-bond acceptors (Lipinski definition) is 4. The maximum absolute atomic E-state index is 12.3. The summed E-state index contributed by atoms with van der Waals surface area (Å²) in [5.74, 6) is 1.26. The minimum Gasteiger partial charge on any atom is -0.424 e. The molecule has 1 aliphatic rings. The number of benzene rings is 1. The lowest BCUT2D eigenvalue weighted by Crippen LogP contribution is -2.17. The Kier molecular flexibility index (Phi) is 5.08. The summed E-state index contributed by atoms with van der Waals surface area (Å²) in [6.45, 7) is 3.72. The van der Waals surface area contributed by atoms with Gasteiger partial charge in [0.15, 0.2) is 0 Å². The van der Waals surface area contributed by atoms with E-state index in [-0.39, 0.29) is 5.91 Å². The third-order valence-corrected chi connectivity index (χ3v) is 4.42. The number of hydrogen-bond donors (Lipinski definition) is 1. The summed E-state index contributed by atoms with van der Waals surface area (Å²) in [4.78, 5) is 21.0. The summed E-state index contributed by atoms with van der Waals surface area (Å²) in [5.41, 5.74) is 2.12. The average molecular weight is 325 g/mol. The van der Waals surface area contributed by atoms with Gasteiger partial charge in [-0.3, -0.25) is 4.79 Å². The van der Waals surface area contributed by atoms with E-state index in [4.69, 9.17) is 4.74 Å². The van der Waals surface area contributed by atoms with Gasteiger partial charge in [0.1, 0.15) is 5.75 Å². The topological polar surface area (TPSA) is 64.1 Å². The molecule has 5 nitrogen and oxygen atoms in total. The molecular weight excluding hydrogens is 302 g/mol. The van der Waals surface area contributed by atoms with E-state index >= 15 is 0 Å². The Balaban J connectivity index is 1.69. The van der Waals surface area contributed by atoms with E-state index in [1.165, 1.54) is 12.8 Å². The minimum atomic E-state index is 0.0495. The Hall–Kier alpha value is -2.43. The van der Waals surface area contributed by atoms with E-state index in [2.05, 4.69) is 15.3 Å². The molecule has 3 rings (SSSR count). The van der Waals surface area contributed by atoms with Crippen LogP contribution in [0.1, 0.15) is 43.5 Å². The van der Waals surface area contributed by atoms with Crippen molar-refractivity contribution in [1.82, 2.24) is 9.97 Å². The SMILES string of the molecule is Cc1nc(Oc2ccccc2)nc(C)c1NC(=O)CC1CCCC1. The Labute approximate surface area is 142 Å². The fourth-order valence-corrected chi connectivity index (χ4v) is 3.17. The van der Waals surface area contributed by atoms with Gasteiger partial charge in [0, 0.05) is 6.42 Å². The highest BCUT2D eigenvalue weighted by atomic mass is 16.5. The standard InChI is InChI=1S/C19H23N3O2/c1-13-18(22-17(23)12-15-8-6-7-9-15)14(2)21-19(20-13)24-16-10-4-3-5-11-16/h3-5,10-11,15H,6-9,12H2,1-2H3,(H,22,23). The molecule has 2 aromatic rings. The van der Waals surface area contributed by atoms with Crippen LogP contribution in [-0.2, 0) is 4.79 Å². The van der Waals surface area contributed by atoms with Gasteiger partial charge in [0.25, 0.3) is 0 Å². The molecule has 1 aromatic carbocycles. The number of amides is 1. The van der Waals surface area contributed by atoms with Crippen molar-refractivity contribution in [2.75, 3.05) is 5.32 Å². The molecule has 0 bridgehead atoms. The predicted molar refractivity (Wildman–Crippen MR) is 93.2 cm³/mol. The van der Waals surface area contributed by atoms with Gasteiger partial charge in [-0.25, -0.2) is 0 Å². The van der Waals surface area contributed by atoms with Crippen molar-refractivity contribution < 1.29 is 9.53 Å². The van der Waals surface area contributed by atoms with Crippen molar-refractivity contribution in [3.63, 3.8) is 0 Å². The van der Waals surface area contributed by atoms with E-state index in [1.807, 2.05) is 44.2 Å². The first kappa shape index (κ1) is 16.4. The monoisotopic (exact) mass is 325 g/mol. The second-order valence-corrected chi connectivity index (χ2v) is 6.37. The number of nitrogens with zero attached hydrogens (tertiary/aromatic N) is 2. The van der Waals surface area contributed by atoms with Gasteiger partial charge in [-0.05, 0) is 44.7 Å². The van der Waals surface area contributed by atoms with Crippen LogP contribution in [0.25, 0.3) is 0 Å². The molecule has 1 saturated carbocycles. The number of aromatic nitrogens is 2. The molecule has 1 amide bonds. The van der Waals surface area contributed by atoms with Crippen LogP contribution in [0.15, 0.2) is 30.3 Å². The van der Waals surface area contributed by atoms with Crippen molar-refractivity contribution in [1.29, 1.82) is 0 Å². The zero-order chi connectivity index (χ0) is 16.9. The highest BCUT2D eigenvalue weighted by Crippen LogP contribution is 2.28. The zero-order valence-electron chi connectivity index (χ0n) is 14.2. The summed E-state index contributed by atoms with van der Waals surface area (Å²) in [5, 5.41) is 2.98. The molecule has 0 spiro atoms. The Bertz CT molecular complexity index is 687. The molecular formula is C19H23N3O2. The van der Waals surface area contributed by atoms with Crippen LogP contribution in [0.2, 0.25) is 0 Å². The number of nitrogens with one attached hydrogen (secondary N) is 1. The molecule has 1 fully saturated rings. The number of carbonyl (C=O) groups is 1. The van der Waals surface area contributed by atoms with E-state index in [9.17, 15) is 4.79 Å². The van der Waals surface area contributed by atoms with E-state index < -0.39 is 0 Å². The highest BCUT2D eigenvalue weighted by molar-refractivity contribution is 5.92. The third-order valence-electron chi connectivity index (χ3n) is 4.42. The molecule has 1 heterocycles. The third kappa shape index (κ3) is 4.10. The molecule has 0 aliphatic heterocycles. The number of ether oxygens (including phenoxy) is 1. The zero-order valence-corrected chi connectivity index (χ0v) is 14.2. The quantitative estimate of drug-likeness (QED) is 0.884. The Morgan fingerprint density at radius 3 is 2.38 bits per heavy atom. The average Bonchev–Trinajstić information content (AvgIpc) is 3.05. The number of rotatable bonds is 5. The van der Waals surface area contributed by atoms with Crippen LogP contribution in [0.5, 0.6) is 11.8 Å². The summed E-state index contributed by atoms with van der Waals surface area (Å²) >= 11 is 0. The lowest BCUT2D eigenvalue weighted by molar-refractivity contribution is -0.117. The fourth-order valence-electron chi connectivity index (χ4n) is 3.17. The second-order valence-electron chi connectivity index (χ2n) is 6.37. The molecule has 0 saturated heterocycles. The smallest absolute Gasteiger partial charge is 0.322 e. The summed E-state index contributed by atoms with van der Waals surface area (Å²) in [7, 11) is 0. The normalized spacial score (nSPS) is 14.6. The molecule has 126 valence electrons. The Morgan fingerprint density at radius 1 is 1.12 bits per heavy atom. The first-order chi connectivity index (χ1) is 11.6. The maximum Gasteiger partial charge on any atom is 0.322 e. The second kappa shape index (κ2) is 7.43. The summed E-state index contributed by atoms with van der Waals surface area (Å²) < 4.78 is 5.67. The van der Waals surface area contributed by atoms with Crippen LogP contribution >= 0.6 is 0 Å². The number of carbonyl (C=O) groups excluding carboxylic acids is 1. The van der Waals surface area contributed by atoms with Crippen molar-refractivity contribution >= 4 is 11.6 Å². The van der Waals surface area contributed by atoms with Gasteiger partial charge in [-0.1, -0.05) is 31.0 Å². The molecule has 1 N–H and O–H groups in total. The molecule has 0 atom stereocenters. The molecule has 0 unspecified atom stereocenters. The minimum absolute atomic E-state index is 0.0495. The van der Waals surface area contributed by atoms with Crippen LogP contribution in [0.4, 0.5) is 5.69 Å².